The molecule has 0 N–H and O–H groups in total. The third kappa shape index (κ3) is 3.43. The number of anilines is 5. The minimum atomic E-state index is -0.0169. The van der Waals surface area contributed by atoms with Crippen LogP contribution in [0.2, 0.25) is 0 Å². The van der Waals surface area contributed by atoms with Crippen molar-refractivity contribution in [2.45, 2.75) is 50.5 Å². The summed E-state index contributed by atoms with van der Waals surface area (Å²) in [6, 6.07) is 53.0. The molecule has 49 heavy (non-hydrogen) atoms. The molecule has 4 aliphatic rings. The van der Waals surface area contributed by atoms with Crippen LogP contribution >= 0.6 is 0 Å². The monoisotopic (exact) mass is 628 g/mol. The number of hydrogen-bond acceptors (Lipinski definition) is 2. The minimum Gasteiger partial charge on any atom is -0.334 e. The van der Waals surface area contributed by atoms with E-state index in [1.165, 1.54) is 109 Å². The van der Waals surface area contributed by atoms with Crippen LogP contribution < -0.4 is 26.2 Å². The first-order chi connectivity index (χ1) is 24.1. The van der Waals surface area contributed by atoms with Crippen molar-refractivity contribution in [1.29, 1.82) is 0 Å². The van der Waals surface area contributed by atoms with Crippen LogP contribution in [-0.4, -0.2) is 12.3 Å². The molecule has 0 radical (unpaired) electrons. The molecule has 2 atom stereocenters. The van der Waals surface area contributed by atoms with Gasteiger partial charge in [-0.05, 0) is 82.4 Å². The standard InChI is InChI=1S/C46H37BN2/c1-45-26-11-12-27-46(45,2)49(41-22-10-8-20-37(41)45)32-28-36-35-19-7-9-21-38(35)47-39-25-24-31-15-4-6-18-34(31)44(39)48(42(29-32)43(36)47)40-23-13-16-30-14-3-5-17-33(30)40/h3-10,13-25,28-29H,11-12,26-27H2,1-2H3. The molecule has 0 aromatic heterocycles. The Morgan fingerprint density at radius 1 is 0.551 bits per heavy atom. The van der Waals surface area contributed by atoms with Crippen molar-refractivity contribution in [2.75, 3.05) is 9.80 Å². The lowest BCUT2D eigenvalue weighted by molar-refractivity contribution is 0.195. The van der Waals surface area contributed by atoms with Gasteiger partial charge in [-0.3, -0.25) is 0 Å². The number of benzene rings is 7. The third-order valence-electron chi connectivity index (χ3n) is 13.0. The van der Waals surface area contributed by atoms with E-state index in [4.69, 9.17) is 0 Å². The predicted octanol–water partition coefficient (Wildman–Crippen LogP) is 10.0. The van der Waals surface area contributed by atoms with E-state index in [0.717, 1.165) is 0 Å². The molecule has 7 aromatic rings. The van der Waals surface area contributed by atoms with Gasteiger partial charge in [0.2, 0.25) is 6.71 Å². The van der Waals surface area contributed by atoms with Gasteiger partial charge in [0.25, 0.3) is 0 Å². The Balaban J connectivity index is 1.28. The molecular formula is C46H37BN2. The van der Waals surface area contributed by atoms with Crippen molar-refractivity contribution in [3.8, 4) is 11.1 Å². The molecule has 2 nitrogen and oxygen atoms in total. The van der Waals surface area contributed by atoms with E-state index in [-0.39, 0.29) is 17.7 Å². The molecule has 1 saturated carbocycles. The smallest absolute Gasteiger partial charge is 0.248 e. The molecule has 0 saturated heterocycles. The lowest BCUT2D eigenvalue weighted by Gasteiger charge is -2.50. The molecule has 0 bridgehead atoms. The van der Waals surface area contributed by atoms with E-state index in [2.05, 4.69) is 163 Å². The summed E-state index contributed by atoms with van der Waals surface area (Å²) in [5.41, 5.74) is 15.1. The van der Waals surface area contributed by atoms with Gasteiger partial charge in [0.15, 0.2) is 0 Å². The molecule has 1 fully saturated rings. The van der Waals surface area contributed by atoms with Crippen LogP contribution in [0.25, 0.3) is 32.7 Å². The van der Waals surface area contributed by atoms with Gasteiger partial charge in [0, 0.05) is 38.9 Å². The second kappa shape index (κ2) is 9.67. The topological polar surface area (TPSA) is 6.48 Å². The van der Waals surface area contributed by atoms with Gasteiger partial charge in [-0.25, -0.2) is 0 Å². The molecule has 1 aliphatic carbocycles. The average Bonchev–Trinajstić information content (AvgIpc) is 3.58. The van der Waals surface area contributed by atoms with E-state index in [9.17, 15) is 0 Å². The fourth-order valence-corrected chi connectivity index (χ4v) is 10.6. The van der Waals surface area contributed by atoms with E-state index in [0.29, 0.717) is 0 Å². The SMILES string of the molecule is CC12CCCCC1(C)N(c1cc3c4c(c1)N(c1cccc5ccccc15)c1c(ccc5ccccc15)B4c1ccccc1-3)c1ccccc12. The lowest BCUT2D eigenvalue weighted by atomic mass is 9.37. The van der Waals surface area contributed by atoms with Gasteiger partial charge in [-0.15, -0.1) is 0 Å². The van der Waals surface area contributed by atoms with E-state index in [1.807, 2.05) is 0 Å². The highest BCUT2D eigenvalue weighted by atomic mass is 15.3. The summed E-state index contributed by atoms with van der Waals surface area (Å²) in [6.07, 6.45) is 4.96. The van der Waals surface area contributed by atoms with Crippen LogP contribution in [0.5, 0.6) is 0 Å². The first-order valence-corrected chi connectivity index (χ1v) is 18.0. The molecule has 3 aliphatic heterocycles. The summed E-state index contributed by atoms with van der Waals surface area (Å²) in [7, 11) is 0. The van der Waals surface area contributed by atoms with Crippen molar-refractivity contribution in [2.24, 2.45) is 0 Å². The van der Waals surface area contributed by atoms with Gasteiger partial charge in [-0.2, -0.15) is 0 Å². The van der Waals surface area contributed by atoms with Gasteiger partial charge in [0.1, 0.15) is 0 Å². The summed E-state index contributed by atoms with van der Waals surface area (Å²) in [4.78, 5) is 5.39. The number of hydrogen-bond donors (Lipinski definition) is 0. The van der Waals surface area contributed by atoms with Crippen LogP contribution in [0, 0.1) is 0 Å². The molecule has 7 aromatic carbocycles. The first kappa shape index (κ1) is 27.7. The quantitative estimate of drug-likeness (QED) is 0.176. The summed E-state index contributed by atoms with van der Waals surface area (Å²) in [5, 5.41) is 5.11. The van der Waals surface area contributed by atoms with Crippen LogP contribution in [0.15, 0.2) is 140 Å². The first-order valence-electron chi connectivity index (χ1n) is 18.0. The summed E-state index contributed by atoms with van der Waals surface area (Å²) >= 11 is 0. The minimum absolute atomic E-state index is 0.0169. The van der Waals surface area contributed by atoms with Crippen LogP contribution in [0.4, 0.5) is 28.4 Å². The van der Waals surface area contributed by atoms with Crippen molar-refractivity contribution < 1.29 is 0 Å². The van der Waals surface area contributed by atoms with Crippen LogP contribution in [-0.2, 0) is 5.41 Å². The Morgan fingerprint density at radius 3 is 2.14 bits per heavy atom. The molecule has 3 heteroatoms. The second-order valence-electron chi connectivity index (χ2n) is 15.2. The Labute approximate surface area is 288 Å². The van der Waals surface area contributed by atoms with Crippen molar-refractivity contribution >= 4 is 73.1 Å². The van der Waals surface area contributed by atoms with Gasteiger partial charge < -0.3 is 9.80 Å². The molecule has 0 amide bonds. The Morgan fingerprint density at radius 2 is 1.24 bits per heavy atom. The van der Waals surface area contributed by atoms with Crippen molar-refractivity contribution in [1.82, 2.24) is 0 Å². The fourth-order valence-electron chi connectivity index (χ4n) is 10.6. The number of para-hydroxylation sites is 1. The zero-order valence-corrected chi connectivity index (χ0v) is 28.1. The average molecular weight is 629 g/mol. The van der Waals surface area contributed by atoms with Crippen LogP contribution in [0.3, 0.4) is 0 Å². The summed E-state index contributed by atoms with van der Waals surface area (Å²) in [6.45, 7) is 5.27. The predicted molar refractivity (Wildman–Crippen MR) is 209 cm³/mol. The highest BCUT2D eigenvalue weighted by Crippen LogP contribution is 2.61. The molecular weight excluding hydrogens is 591 g/mol. The van der Waals surface area contributed by atoms with Gasteiger partial charge in [-0.1, -0.05) is 140 Å². The van der Waals surface area contributed by atoms with Crippen molar-refractivity contribution in [3.63, 3.8) is 0 Å². The maximum absolute atomic E-state index is 2.76. The zero-order chi connectivity index (χ0) is 32.5. The van der Waals surface area contributed by atoms with E-state index in [1.54, 1.807) is 0 Å². The third-order valence-corrected chi connectivity index (χ3v) is 13.0. The van der Waals surface area contributed by atoms with Gasteiger partial charge >= 0.3 is 0 Å². The zero-order valence-electron chi connectivity index (χ0n) is 28.1. The largest absolute Gasteiger partial charge is 0.334 e. The molecule has 0 spiro atoms. The van der Waals surface area contributed by atoms with Crippen LogP contribution in [0.1, 0.15) is 45.1 Å². The maximum atomic E-state index is 2.76. The normalized spacial score (nSPS) is 21.4. The molecule has 2 unspecified atom stereocenters. The Kier molecular flexibility index (Phi) is 5.45. The molecule has 3 heterocycles. The summed E-state index contributed by atoms with van der Waals surface area (Å²) < 4.78 is 0. The molecule has 234 valence electrons. The number of nitrogens with zero attached hydrogens (tertiary/aromatic N) is 2. The number of fused-ring (bicyclic) bond motifs is 11. The lowest BCUT2D eigenvalue weighted by Crippen LogP contribution is -2.55. The summed E-state index contributed by atoms with van der Waals surface area (Å²) in [5.74, 6) is 0. The van der Waals surface area contributed by atoms with E-state index >= 15 is 0 Å². The highest BCUT2D eigenvalue weighted by molar-refractivity contribution is 7.01. The number of rotatable bonds is 2. The van der Waals surface area contributed by atoms with Crippen molar-refractivity contribution in [3.05, 3.63) is 145 Å². The second-order valence-corrected chi connectivity index (χ2v) is 15.2. The Hall–Kier alpha value is -5.28. The highest BCUT2D eigenvalue weighted by Gasteiger charge is 2.58. The molecule has 11 rings (SSSR count). The Bertz CT molecular complexity index is 2530. The fraction of sp³-hybridized carbons (Fsp3) is 0.174. The maximum Gasteiger partial charge on any atom is 0.248 e. The van der Waals surface area contributed by atoms with Gasteiger partial charge in [0.05, 0.1) is 11.2 Å². The van der Waals surface area contributed by atoms with E-state index < -0.39 is 0 Å².